The van der Waals surface area contributed by atoms with Crippen LogP contribution in [0.3, 0.4) is 0 Å². The lowest BCUT2D eigenvalue weighted by atomic mass is 9.93. The van der Waals surface area contributed by atoms with Crippen molar-refractivity contribution in [1.29, 1.82) is 0 Å². The normalized spacial score (nSPS) is 14.4. The topological polar surface area (TPSA) is 3.24 Å². The molecule has 3 aromatic rings. The van der Waals surface area contributed by atoms with Crippen LogP contribution in [-0.4, -0.2) is 13.6 Å². The minimum absolute atomic E-state index is 1.05. The third kappa shape index (κ3) is 1.71. The van der Waals surface area contributed by atoms with Crippen LogP contribution in [0, 0.1) is 6.92 Å². The van der Waals surface area contributed by atoms with Crippen molar-refractivity contribution in [3.8, 4) is 22.3 Å². The van der Waals surface area contributed by atoms with Crippen molar-refractivity contribution in [3.63, 3.8) is 0 Å². The van der Waals surface area contributed by atoms with E-state index in [2.05, 4.69) is 62.2 Å². The molecule has 0 radical (unpaired) electrons. The van der Waals surface area contributed by atoms with Crippen LogP contribution in [-0.2, 0) is 19.3 Å². The second kappa shape index (κ2) is 4.79. The summed E-state index contributed by atoms with van der Waals surface area (Å²) < 4.78 is 0. The van der Waals surface area contributed by atoms with E-state index in [0.29, 0.717) is 0 Å². The van der Waals surface area contributed by atoms with Gasteiger partial charge in [-0.15, -0.1) is 0 Å². The molecule has 0 atom stereocenters. The average Bonchev–Trinajstić information content (AvgIpc) is 3.30. The van der Waals surface area contributed by atoms with Gasteiger partial charge in [-0.3, -0.25) is 0 Å². The molecule has 3 aliphatic carbocycles. The number of anilines is 1. The Kier molecular flexibility index (Phi) is 2.69. The van der Waals surface area contributed by atoms with Crippen LogP contribution in [0.2, 0.25) is 0 Å². The molecule has 0 fully saturated rings. The molecular formula is C25H23N. The molecule has 0 saturated heterocycles. The molecule has 0 aromatic heterocycles. The number of hydrogen-bond acceptors (Lipinski definition) is 1. The molecule has 0 bridgehead atoms. The maximum Gasteiger partial charge on any atom is 0.0369 e. The van der Waals surface area contributed by atoms with Gasteiger partial charge in [-0.1, -0.05) is 23.8 Å². The van der Waals surface area contributed by atoms with Gasteiger partial charge in [-0.25, -0.2) is 0 Å². The Balaban J connectivity index is 1.56. The van der Waals surface area contributed by atoms with Gasteiger partial charge in [0.05, 0.1) is 0 Å². The van der Waals surface area contributed by atoms with E-state index in [-0.39, 0.29) is 0 Å². The third-order valence-electron chi connectivity index (χ3n) is 6.75. The first-order valence-corrected chi connectivity index (χ1v) is 9.79. The smallest absolute Gasteiger partial charge is 0.0369 e. The standard InChI is InChI=1S/C25H23N/c1-4-26(3)19-9-16-8-17-12-21-20-6-5-14(2)7-15(20)11-22(21)23-13-18(10-19)24(16)25(17)23/h5-7,9-10,12H,4,8,11,13H2,1-3H3. The van der Waals surface area contributed by atoms with Gasteiger partial charge in [0, 0.05) is 19.3 Å². The quantitative estimate of drug-likeness (QED) is 0.403. The fourth-order valence-electron chi connectivity index (χ4n) is 5.40. The summed E-state index contributed by atoms with van der Waals surface area (Å²) in [7, 11) is 2.20. The Hall–Kier alpha value is -2.54. The van der Waals surface area contributed by atoms with Crippen LogP contribution in [0.5, 0.6) is 0 Å². The molecule has 0 spiro atoms. The zero-order valence-corrected chi connectivity index (χ0v) is 15.7. The van der Waals surface area contributed by atoms with Crippen molar-refractivity contribution in [3.05, 3.63) is 75.3 Å². The van der Waals surface area contributed by atoms with E-state index in [4.69, 9.17) is 0 Å². The van der Waals surface area contributed by atoms with Gasteiger partial charge >= 0.3 is 0 Å². The Bertz CT molecular complexity index is 1120. The molecule has 0 aliphatic heterocycles. The first-order chi connectivity index (χ1) is 12.6. The first-order valence-electron chi connectivity index (χ1n) is 9.79. The highest BCUT2D eigenvalue weighted by atomic mass is 15.1. The Morgan fingerprint density at radius 2 is 1.50 bits per heavy atom. The molecular weight excluding hydrogens is 314 g/mol. The van der Waals surface area contributed by atoms with Crippen molar-refractivity contribution in [2.24, 2.45) is 0 Å². The summed E-state index contributed by atoms with van der Waals surface area (Å²) in [5.74, 6) is 0. The first kappa shape index (κ1) is 14.6. The summed E-state index contributed by atoms with van der Waals surface area (Å²) in [4.78, 5) is 2.36. The van der Waals surface area contributed by atoms with Crippen molar-refractivity contribution in [2.45, 2.75) is 33.1 Å². The highest BCUT2D eigenvalue weighted by molar-refractivity contribution is 5.93. The summed E-state index contributed by atoms with van der Waals surface area (Å²) in [6, 6.07) is 14.4. The SMILES string of the molecule is CCN(C)c1cc2c3c(c1)Cc1c4c(cc(c1-3)C2)-c1ccc(C)cc1C4. The van der Waals surface area contributed by atoms with Gasteiger partial charge in [0.15, 0.2) is 0 Å². The summed E-state index contributed by atoms with van der Waals surface area (Å²) in [6.07, 6.45) is 3.33. The van der Waals surface area contributed by atoms with Gasteiger partial charge in [-0.2, -0.15) is 0 Å². The number of nitrogens with zero attached hydrogens (tertiary/aromatic N) is 1. The number of aryl methyl sites for hydroxylation is 1. The van der Waals surface area contributed by atoms with Gasteiger partial charge in [0.1, 0.15) is 0 Å². The summed E-state index contributed by atoms with van der Waals surface area (Å²) in [5.41, 5.74) is 18.3. The van der Waals surface area contributed by atoms with E-state index >= 15 is 0 Å². The molecule has 26 heavy (non-hydrogen) atoms. The molecule has 128 valence electrons. The van der Waals surface area contributed by atoms with Crippen LogP contribution in [0.25, 0.3) is 22.3 Å². The third-order valence-corrected chi connectivity index (χ3v) is 6.75. The van der Waals surface area contributed by atoms with E-state index in [0.717, 1.165) is 25.8 Å². The van der Waals surface area contributed by atoms with E-state index in [1.807, 2.05) is 0 Å². The number of fused-ring (bicyclic) bond motifs is 4. The summed E-state index contributed by atoms with van der Waals surface area (Å²) in [5, 5.41) is 0. The van der Waals surface area contributed by atoms with Crippen LogP contribution < -0.4 is 4.90 Å². The van der Waals surface area contributed by atoms with Crippen LogP contribution >= 0.6 is 0 Å². The number of rotatable bonds is 2. The molecule has 0 N–H and O–H groups in total. The van der Waals surface area contributed by atoms with Crippen LogP contribution in [0.4, 0.5) is 5.69 Å². The molecule has 6 rings (SSSR count). The fraction of sp³-hybridized carbons (Fsp3) is 0.280. The Labute approximate surface area is 155 Å². The predicted molar refractivity (Wildman–Crippen MR) is 109 cm³/mol. The largest absolute Gasteiger partial charge is 0.375 e. The molecule has 1 heteroatoms. The number of hydrogen-bond donors (Lipinski definition) is 0. The lowest BCUT2D eigenvalue weighted by Crippen LogP contribution is -2.16. The van der Waals surface area contributed by atoms with Crippen molar-refractivity contribution in [2.75, 3.05) is 18.5 Å². The minimum atomic E-state index is 1.05. The fourth-order valence-corrected chi connectivity index (χ4v) is 5.40. The zero-order chi connectivity index (χ0) is 17.6. The second-order valence-corrected chi connectivity index (χ2v) is 8.26. The molecule has 1 nitrogen and oxygen atoms in total. The van der Waals surface area contributed by atoms with E-state index in [1.165, 1.54) is 27.9 Å². The molecule has 0 heterocycles. The van der Waals surface area contributed by atoms with Crippen LogP contribution in [0.1, 0.15) is 45.9 Å². The second-order valence-electron chi connectivity index (χ2n) is 8.26. The summed E-state index contributed by atoms with van der Waals surface area (Å²) >= 11 is 0. The van der Waals surface area contributed by atoms with Crippen molar-refractivity contribution < 1.29 is 0 Å². The molecule has 0 amide bonds. The van der Waals surface area contributed by atoms with Gasteiger partial charge < -0.3 is 4.90 Å². The van der Waals surface area contributed by atoms with Crippen molar-refractivity contribution >= 4 is 5.69 Å². The average molecular weight is 337 g/mol. The van der Waals surface area contributed by atoms with Gasteiger partial charge in [-0.05, 0) is 107 Å². The predicted octanol–water partition coefficient (Wildman–Crippen LogP) is 5.50. The highest BCUT2D eigenvalue weighted by Crippen LogP contribution is 2.53. The molecule has 0 saturated carbocycles. The molecule has 3 aromatic carbocycles. The maximum atomic E-state index is 2.51. The van der Waals surface area contributed by atoms with E-state index < -0.39 is 0 Å². The van der Waals surface area contributed by atoms with E-state index in [9.17, 15) is 0 Å². The molecule has 0 unspecified atom stereocenters. The Morgan fingerprint density at radius 3 is 2.31 bits per heavy atom. The van der Waals surface area contributed by atoms with Gasteiger partial charge in [0.2, 0.25) is 0 Å². The Morgan fingerprint density at radius 1 is 0.769 bits per heavy atom. The van der Waals surface area contributed by atoms with E-state index in [1.54, 1.807) is 38.9 Å². The number of benzene rings is 3. The lowest BCUT2D eigenvalue weighted by Gasteiger charge is -2.19. The molecule has 3 aliphatic rings. The highest BCUT2D eigenvalue weighted by Gasteiger charge is 2.35. The van der Waals surface area contributed by atoms with Crippen molar-refractivity contribution in [1.82, 2.24) is 0 Å². The van der Waals surface area contributed by atoms with Gasteiger partial charge in [0.25, 0.3) is 0 Å². The monoisotopic (exact) mass is 337 g/mol. The van der Waals surface area contributed by atoms with Crippen LogP contribution in [0.15, 0.2) is 36.4 Å². The lowest BCUT2D eigenvalue weighted by molar-refractivity contribution is 0.963. The zero-order valence-electron chi connectivity index (χ0n) is 15.7. The maximum absolute atomic E-state index is 2.51. The minimum Gasteiger partial charge on any atom is -0.375 e. The summed E-state index contributed by atoms with van der Waals surface area (Å²) in [6.45, 7) is 5.49.